The molecule has 1 N–H and O–H groups in total. The van der Waals surface area contributed by atoms with Crippen molar-refractivity contribution in [2.24, 2.45) is 20.0 Å². The Kier molecular flexibility index (Phi) is 6.67. The van der Waals surface area contributed by atoms with Crippen molar-refractivity contribution in [3.05, 3.63) is 93.2 Å². The first-order valence-corrected chi connectivity index (χ1v) is 14.0. The van der Waals surface area contributed by atoms with Gasteiger partial charge in [-0.2, -0.15) is 0 Å². The highest BCUT2D eigenvalue weighted by atomic mass is 35.5. The normalized spacial score (nSPS) is 21.8. The van der Waals surface area contributed by atoms with Crippen LogP contribution in [0, 0.1) is 16.0 Å². The zero-order valence-electron chi connectivity index (χ0n) is 23.9. The highest BCUT2D eigenvalue weighted by Gasteiger charge is 2.63. The Hall–Kier alpha value is -4.62. The van der Waals surface area contributed by atoms with Crippen molar-refractivity contribution < 1.29 is 28.7 Å². The van der Waals surface area contributed by atoms with Crippen molar-refractivity contribution in [2.75, 3.05) is 19.5 Å². The van der Waals surface area contributed by atoms with E-state index in [-0.39, 0.29) is 61.8 Å². The van der Waals surface area contributed by atoms with Gasteiger partial charge >= 0.3 is 5.69 Å². The number of nitrogens with one attached hydrogen (secondary N) is 1. The molecule has 0 fully saturated rings. The Balaban J connectivity index is 1.64. The summed E-state index contributed by atoms with van der Waals surface area (Å²) in [5.74, 6) is -3.22. The minimum atomic E-state index is -2.12. The standard InChI is InChI=1S/C29H24Cl2N4O9/c1-11-8-14-19(24(36)29(11)25(37)20-16(42-4)10-17(43-5)22(31)23(20)44-29)18(12-6-7-13(30)15(9-12)35(40)41)21-26(32-14)33(2)28(39)34(3)27(21)38/h6-7,9-11,18,32H,8H2,1-5H3/t11-,18+,29+/m1/s1. The van der Waals surface area contributed by atoms with Gasteiger partial charge < -0.3 is 19.5 Å². The molecule has 3 heterocycles. The van der Waals surface area contributed by atoms with Gasteiger partial charge in [0.05, 0.1) is 24.7 Å². The fourth-order valence-corrected chi connectivity index (χ4v) is 6.82. The van der Waals surface area contributed by atoms with Crippen molar-refractivity contribution in [1.82, 2.24) is 9.13 Å². The number of anilines is 1. The van der Waals surface area contributed by atoms with Crippen LogP contribution in [0.25, 0.3) is 0 Å². The molecule has 1 aliphatic carbocycles. The number of fused-ring (bicyclic) bond motifs is 2. The van der Waals surface area contributed by atoms with Crippen molar-refractivity contribution in [1.29, 1.82) is 0 Å². The summed E-state index contributed by atoms with van der Waals surface area (Å²) in [5.41, 5.74) is -3.52. The molecule has 2 aliphatic heterocycles. The summed E-state index contributed by atoms with van der Waals surface area (Å²) in [7, 11) is 5.46. The van der Waals surface area contributed by atoms with E-state index in [1.165, 1.54) is 57.1 Å². The summed E-state index contributed by atoms with van der Waals surface area (Å²) in [6.07, 6.45) is 0.0624. The van der Waals surface area contributed by atoms with Crippen LogP contribution in [0.15, 0.2) is 45.1 Å². The van der Waals surface area contributed by atoms with Crippen molar-refractivity contribution in [3.63, 3.8) is 0 Å². The van der Waals surface area contributed by atoms with Crippen LogP contribution in [0.5, 0.6) is 17.2 Å². The number of Topliss-reactive ketones (excluding diaryl/α,β-unsaturated/α-hetero) is 2. The second-order valence-electron chi connectivity index (χ2n) is 10.8. The van der Waals surface area contributed by atoms with E-state index < -0.39 is 50.9 Å². The van der Waals surface area contributed by atoms with E-state index in [1.54, 1.807) is 6.92 Å². The van der Waals surface area contributed by atoms with E-state index in [1.807, 2.05) is 0 Å². The highest BCUT2D eigenvalue weighted by Crippen LogP contribution is 2.56. The minimum Gasteiger partial charge on any atom is -0.496 e. The third kappa shape index (κ3) is 3.72. The Morgan fingerprint density at radius 1 is 1.05 bits per heavy atom. The van der Waals surface area contributed by atoms with E-state index in [0.717, 1.165) is 4.57 Å². The van der Waals surface area contributed by atoms with Gasteiger partial charge in [0.15, 0.2) is 5.75 Å². The third-order valence-corrected chi connectivity index (χ3v) is 9.25. The summed E-state index contributed by atoms with van der Waals surface area (Å²) >= 11 is 12.7. The van der Waals surface area contributed by atoms with Gasteiger partial charge in [-0.25, -0.2) is 4.79 Å². The highest BCUT2D eigenvalue weighted by molar-refractivity contribution is 6.36. The maximum absolute atomic E-state index is 14.9. The van der Waals surface area contributed by atoms with Crippen molar-refractivity contribution in [2.45, 2.75) is 24.9 Å². The van der Waals surface area contributed by atoms with E-state index in [4.69, 9.17) is 37.4 Å². The molecule has 0 unspecified atom stereocenters. The molecule has 3 aliphatic rings. The summed E-state index contributed by atoms with van der Waals surface area (Å²) in [4.78, 5) is 67.0. The molecule has 1 spiro atoms. The maximum Gasteiger partial charge on any atom is 0.332 e. The molecule has 3 atom stereocenters. The Bertz CT molecular complexity index is 2010. The number of ether oxygens (including phenoxy) is 3. The number of ketones is 2. The van der Waals surface area contributed by atoms with E-state index in [0.29, 0.717) is 5.70 Å². The van der Waals surface area contributed by atoms with Crippen LogP contribution in [-0.4, -0.2) is 45.4 Å². The monoisotopic (exact) mass is 642 g/mol. The lowest BCUT2D eigenvalue weighted by Crippen LogP contribution is -2.58. The number of hydrogen-bond acceptors (Lipinski definition) is 10. The number of nitrogens with zero attached hydrogens (tertiary/aromatic N) is 3. The van der Waals surface area contributed by atoms with Gasteiger partial charge in [0.1, 0.15) is 32.9 Å². The van der Waals surface area contributed by atoms with Gasteiger partial charge in [0.2, 0.25) is 17.2 Å². The van der Waals surface area contributed by atoms with Crippen LogP contribution in [0.1, 0.15) is 40.7 Å². The summed E-state index contributed by atoms with van der Waals surface area (Å²) in [6, 6.07) is 5.34. The van der Waals surface area contributed by atoms with Gasteiger partial charge in [-0.15, -0.1) is 0 Å². The van der Waals surface area contributed by atoms with Crippen LogP contribution in [0.4, 0.5) is 11.5 Å². The molecule has 44 heavy (non-hydrogen) atoms. The molecule has 13 nitrogen and oxygen atoms in total. The first kappa shape index (κ1) is 29.5. The molecule has 6 rings (SSSR count). The van der Waals surface area contributed by atoms with Crippen LogP contribution >= 0.6 is 23.2 Å². The Morgan fingerprint density at radius 3 is 2.36 bits per heavy atom. The predicted molar refractivity (Wildman–Crippen MR) is 159 cm³/mol. The molecule has 0 amide bonds. The first-order valence-electron chi connectivity index (χ1n) is 13.3. The Labute approximate surface area is 258 Å². The summed E-state index contributed by atoms with van der Waals surface area (Å²) in [6.45, 7) is 1.66. The zero-order chi connectivity index (χ0) is 32.0. The van der Waals surface area contributed by atoms with Gasteiger partial charge in [-0.3, -0.25) is 33.6 Å². The van der Waals surface area contributed by atoms with Crippen LogP contribution < -0.4 is 30.8 Å². The summed E-state index contributed by atoms with van der Waals surface area (Å²) in [5, 5.41) is 14.8. The second-order valence-corrected chi connectivity index (χ2v) is 11.6. The van der Waals surface area contributed by atoms with Gasteiger partial charge in [-0.05, 0) is 18.1 Å². The van der Waals surface area contributed by atoms with E-state index in [9.17, 15) is 29.3 Å². The molecular formula is C29H24Cl2N4O9. The van der Waals surface area contributed by atoms with Gasteiger partial charge in [-0.1, -0.05) is 36.2 Å². The number of nitro groups is 1. The number of nitro benzene ring substituents is 1. The molecular weight excluding hydrogens is 619 g/mol. The lowest BCUT2D eigenvalue weighted by molar-refractivity contribution is -0.384. The molecule has 1 aromatic heterocycles. The lowest BCUT2D eigenvalue weighted by atomic mass is 9.66. The molecule has 228 valence electrons. The van der Waals surface area contributed by atoms with Crippen LogP contribution in [-0.2, 0) is 18.9 Å². The van der Waals surface area contributed by atoms with Crippen LogP contribution in [0.2, 0.25) is 10.0 Å². The lowest BCUT2D eigenvalue weighted by Gasteiger charge is -2.42. The molecule has 15 heteroatoms. The van der Waals surface area contributed by atoms with E-state index >= 15 is 0 Å². The molecule has 0 saturated heterocycles. The molecule has 3 aromatic rings. The number of methoxy groups -OCH3 is 2. The average Bonchev–Trinajstić information content (AvgIpc) is 3.31. The van der Waals surface area contributed by atoms with Crippen molar-refractivity contribution >= 4 is 46.3 Å². The maximum atomic E-state index is 14.9. The second kappa shape index (κ2) is 9.96. The van der Waals surface area contributed by atoms with Gasteiger partial charge in [0, 0.05) is 49.3 Å². The molecule has 0 saturated carbocycles. The smallest absolute Gasteiger partial charge is 0.332 e. The molecule has 0 bridgehead atoms. The number of carbonyl (C=O) groups is 2. The fraction of sp³-hybridized carbons (Fsp3) is 0.310. The first-order chi connectivity index (χ1) is 20.8. The molecule has 2 aromatic carbocycles. The average molecular weight is 643 g/mol. The number of halogens is 2. The molecule has 0 radical (unpaired) electrons. The van der Waals surface area contributed by atoms with Crippen LogP contribution in [0.3, 0.4) is 0 Å². The van der Waals surface area contributed by atoms with Gasteiger partial charge in [0.25, 0.3) is 11.2 Å². The van der Waals surface area contributed by atoms with E-state index in [2.05, 4.69) is 5.32 Å². The number of hydrogen-bond donors (Lipinski definition) is 1. The topological polar surface area (TPSA) is 161 Å². The largest absolute Gasteiger partial charge is 0.496 e. The predicted octanol–water partition coefficient (Wildman–Crippen LogP) is 3.75. The Morgan fingerprint density at radius 2 is 1.73 bits per heavy atom. The van der Waals surface area contributed by atoms with Crippen molar-refractivity contribution in [3.8, 4) is 17.2 Å². The minimum absolute atomic E-state index is 0.0221. The third-order valence-electron chi connectivity index (χ3n) is 8.58. The quantitative estimate of drug-likeness (QED) is 0.252. The summed E-state index contributed by atoms with van der Waals surface area (Å²) < 4.78 is 19.1. The number of carbonyl (C=O) groups excluding carboxylic acids is 2. The number of aromatic nitrogens is 2. The number of rotatable bonds is 4. The fourth-order valence-electron chi connectivity index (χ4n) is 6.37. The zero-order valence-corrected chi connectivity index (χ0v) is 25.5. The number of benzene rings is 2. The number of allylic oxidation sites excluding steroid dienone is 1. The SMILES string of the molecule is COc1cc(OC)c2c(c1Cl)O[C@@]1(C(=O)C3=C(C[C@H]1C)Nc1c(c(=O)n(C)c(=O)n1C)[C@H]3c1ccc(Cl)c([N+](=O)[O-])c1)C2=O.